The van der Waals surface area contributed by atoms with Crippen LogP contribution in [0.15, 0.2) is 0 Å². The van der Waals surface area contributed by atoms with Gasteiger partial charge in [-0.3, -0.25) is 4.79 Å². The number of carbonyl (C=O) groups excluding carboxylic acids is 1. The van der Waals surface area contributed by atoms with Gasteiger partial charge in [0.15, 0.2) is 0 Å². The number of hydrogen-bond donors (Lipinski definition) is 1. The summed E-state index contributed by atoms with van der Waals surface area (Å²) < 4.78 is 0. The van der Waals surface area contributed by atoms with Crippen LogP contribution in [0.25, 0.3) is 0 Å². The molecule has 0 saturated carbocycles. The second-order valence-corrected chi connectivity index (χ2v) is 5.18. The molecule has 5 heteroatoms. The van der Waals surface area contributed by atoms with E-state index in [0.29, 0.717) is 5.41 Å². The van der Waals surface area contributed by atoms with Gasteiger partial charge in [-0.05, 0) is 18.3 Å². The highest BCUT2D eigenvalue weighted by Gasteiger charge is 2.31. The van der Waals surface area contributed by atoms with Crippen LogP contribution in [0, 0.1) is 5.41 Å². The van der Waals surface area contributed by atoms with Crippen molar-refractivity contribution in [3.63, 3.8) is 0 Å². The van der Waals surface area contributed by atoms with E-state index in [9.17, 15) is 9.59 Å². The van der Waals surface area contributed by atoms with Crippen LogP contribution in [0.5, 0.6) is 0 Å². The number of carboxylic acids is 1. The highest BCUT2D eigenvalue weighted by molar-refractivity contribution is 5.79. The lowest BCUT2D eigenvalue weighted by atomic mass is 9.78. The van der Waals surface area contributed by atoms with E-state index in [0.717, 1.165) is 32.4 Å². The number of piperidine rings is 1. The van der Waals surface area contributed by atoms with Gasteiger partial charge in [-0.15, -0.1) is 0 Å². The summed E-state index contributed by atoms with van der Waals surface area (Å²) >= 11 is 0. The lowest BCUT2D eigenvalue weighted by Crippen LogP contribution is -2.48. The van der Waals surface area contributed by atoms with E-state index in [-0.39, 0.29) is 12.6 Å². The third-order valence-electron chi connectivity index (χ3n) is 3.79. The predicted molar refractivity (Wildman–Crippen MR) is 64.9 cm³/mol. The van der Waals surface area contributed by atoms with Crippen LogP contribution in [0.3, 0.4) is 0 Å². The van der Waals surface area contributed by atoms with Crippen molar-refractivity contribution in [2.45, 2.75) is 33.1 Å². The Morgan fingerprint density at radius 2 is 1.88 bits per heavy atom. The van der Waals surface area contributed by atoms with E-state index in [1.54, 1.807) is 4.90 Å². The van der Waals surface area contributed by atoms with Gasteiger partial charge in [-0.1, -0.05) is 20.3 Å². The Kier molecular flexibility index (Phi) is 4.37. The molecule has 98 valence electrons. The lowest BCUT2D eigenvalue weighted by molar-refractivity contribution is -0.137. The molecule has 0 aliphatic carbocycles. The van der Waals surface area contributed by atoms with Crippen molar-refractivity contribution in [1.82, 2.24) is 9.80 Å². The molecule has 0 aromatic heterocycles. The molecule has 1 aliphatic heterocycles. The SMILES string of the molecule is CCC1(C)CCN(C(=O)N(C)CC(=O)O)CC1. The third kappa shape index (κ3) is 3.61. The predicted octanol–water partition coefficient (Wildman–Crippen LogP) is 1.63. The first-order valence-electron chi connectivity index (χ1n) is 6.10. The topological polar surface area (TPSA) is 60.9 Å². The van der Waals surface area contributed by atoms with Crippen LogP contribution in [0.4, 0.5) is 4.79 Å². The maximum Gasteiger partial charge on any atom is 0.323 e. The fourth-order valence-corrected chi connectivity index (χ4v) is 2.10. The summed E-state index contributed by atoms with van der Waals surface area (Å²) in [6, 6.07) is -0.175. The number of carboxylic acid groups (broad SMARTS) is 1. The van der Waals surface area contributed by atoms with E-state index in [1.807, 2.05) is 0 Å². The number of urea groups is 1. The summed E-state index contributed by atoms with van der Waals surface area (Å²) in [5.41, 5.74) is 0.335. The monoisotopic (exact) mass is 242 g/mol. The van der Waals surface area contributed by atoms with E-state index in [2.05, 4.69) is 13.8 Å². The first kappa shape index (κ1) is 13.8. The number of hydrogen-bond acceptors (Lipinski definition) is 2. The second-order valence-electron chi connectivity index (χ2n) is 5.18. The van der Waals surface area contributed by atoms with Crippen molar-refractivity contribution in [1.29, 1.82) is 0 Å². The lowest BCUT2D eigenvalue weighted by Gasteiger charge is -2.40. The number of aliphatic carboxylic acids is 1. The fraction of sp³-hybridized carbons (Fsp3) is 0.833. The van der Waals surface area contributed by atoms with Gasteiger partial charge in [-0.25, -0.2) is 4.79 Å². The molecule has 0 unspecified atom stereocenters. The molecule has 0 atom stereocenters. The molecular weight excluding hydrogens is 220 g/mol. The van der Waals surface area contributed by atoms with Crippen LogP contribution < -0.4 is 0 Å². The molecule has 17 heavy (non-hydrogen) atoms. The van der Waals surface area contributed by atoms with E-state index >= 15 is 0 Å². The summed E-state index contributed by atoms with van der Waals surface area (Å²) in [6.45, 7) is 5.64. The largest absolute Gasteiger partial charge is 0.480 e. The van der Waals surface area contributed by atoms with Gasteiger partial charge < -0.3 is 14.9 Å². The quantitative estimate of drug-likeness (QED) is 0.818. The number of carbonyl (C=O) groups is 2. The molecule has 0 radical (unpaired) electrons. The highest BCUT2D eigenvalue weighted by atomic mass is 16.4. The minimum atomic E-state index is -0.976. The standard InChI is InChI=1S/C12H22N2O3/c1-4-12(2)5-7-14(8-6-12)11(17)13(3)9-10(15)16/h4-9H2,1-3H3,(H,15,16). The first-order valence-corrected chi connectivity index (χ1v) is 6.10. The minimum Gasteiger partial charge on any atom is -0.480 e. The Labute approximate surface area is 102 Å². The molecule has 0 bridgehead atoms. The smallest absolute Gasteiger partial charge is 0.323 e. The molecule has 1 rings (SSSR count). The van der Waals surface area contributed by atoms with Gasteiger partial charge in [0, 0.05) is 20.1 Å². The Balaban J connectivity index is 2.48. The molecule has 1 saturated heterocycles. The second kappa shape index (κ2) is 5.38. The number of likely N-dealkylation sites (tertiary alicyclic amines) is 1. The van der Waals surface area contributed by atoms with Crippen LogP contribution >= 0.6 is 0 Å². The zero-order valence-electron chi connectivity index (χ0n) is 10.9. The fourth-order valence-electron chi connectivity index (χ4n) is 2.10. The zero-order valence-corrected chi connectivity index (χ0v) is 10.9. The molecule has 0 spiro atoms. The first-order chi connectivity index (χ1) is 7.88. The van der Waals surface area contributed by atoms with Gasteiger partial charge in [0.1, 0.15) is 6.54 Å². The third-order valence-corrected chi connectivity index (χ3v) is 3.79. The van der Waals surface area contributed by atoms with Gasteiger partial charge in [-0.2, -0.15) is 0 Å². The molecule has 1 N–H and O–H groups in total. The Bertz CT molecular complexity index is 296. The number of nitrogens with zero attached hydrogens (tertiary/aromatic N) is 2. The average Bonchev–Trinajstić information content (AvgIpc) is 2.28. The van der Waals surface area contributed by atoms with Gasteiger partial charge in [0.2, 0.25) is 0 Å². The van der Waals surface area contributed by atoms with Gasteiger partial charge in [0.05, 0.1) is 0 Å². The average molecular weight is 242 g/mol. The maximum absolute atomic E-state index is 11.9. The van der Waals surface area contributed by atoms with Crippen molar-refractivity contribution in [2.24, 2.45) is 5.41 Å². The normalized spacial score (nSPS) is 18.9. The van der Waals surface area contributed by atoms with Crippen LogP contribution in [0.1, 0.15) is 33.1 Å². The number of likely N-dealkylation sites (N-methyl/N-ethyl adjacent to an activating group) is 1. The van der Waals surface area contributed by atoms with Crippen molar-refractivity contribution >= 4 is 12.0 Å². The maximum atomic E-state index is 11.9. The molecule has 1 aliphatic rings. The number of amides is 2. The Hall–Kier alpha value is -1.26. The molecule has 2 amide bonds. The molecule has 5 nitrogen and oxygen atoms in total. The minimum absolute atomic E-state index is 0.175. The number of rotatable bonds is 3. The molecule has 0 aromatic carbocycles. The van der Waals surface area contributed by atoms with Crippen molar-refractivity contribution < 1.29 is 14.7 Å². The zero-order chi connectivity index (χ0) is 13.1. The van der Waals surface area contributed by atoms with E-state index < -0.39 is 5.97 Å². The molecular formula is C12H22N2O3. The van der Waals surface area contributed by atoms with Crippen LogP contribution in [-0.2, 0) is 4.79 Å². The molecule has 0 aromatic rings. The summed E-state index contributed by atoms with van der Waals surface area (Å²) in [7, 11) is 1.53. The van der Waals surface area contributed by atoms with Crippen LogP contribution in [0.2, 0.25) is 0 Å². The van der Waals surface area contributed by atoms with Crippen LogP contribution in [-0.4, -0.2) is 53.6 Å². The van der Waals surface area contributed by atoms with Crippen molar-refractivity contribution in [3.05, 3.63) is 0 Å². The Morgan fingerprint density at radius 1 is 1.35 bits per heavy atom. The van der Waals surface area contributed by atoms with E-state index in [4.69, 9.17) is 5.11 Å². The Morgan fingerprint density at radius 3 is 2.29 bits per heavy atom. The summed E-state index contributed by atoms with van der Waals surface area (Å²) in [5, 5.41) is 8.64. The van der Waals surface area contributed by atoms with Crippen molar-refractivity contribution in [2.75, 3.05) is 26.7 Å². The molecule has 1 fully saturated rings. The summed E-state index contributed by atoms with van der Waals surface area (Å²) in [4.78, 5) is 25.5. The van der Waals surface area contributed by atoms with Crippen molar-refractivity contribution in [3.8, 4) is 0 Å². The van der Waals surface area contributed by atoms with Gasteiger partial charge in [0.25, 0.3) is 0 Å². The van der Waals surface area contributed by atoms with Gasteiger partial charge >= 0.3 is 12.0 Å². The summed E-state index contributed by atoms with van der Waals surface area (Å²) in [5.74, 6) is -0.976. The highest BCUT2D eigenvalue weighted by Crippen LogP contribution is 2.34. The molecule has 1 heterocycles. The summed E-state index contributed by atoms with van der Waals surface area (Å²) in [6.07, 6.45) is 3.12. The van der Waals surface area contributed by atoms with E-state index in [1.165, 1.54) is 11.9 Å².